The Labute approximate surface area is 121 Å². The van der Waals surface area contributed by atoms with Gasteiger partial charge in [0.15, 0.2) is 5.76 Å². The summed E-state index contributed by atoms with van der Waals surface area (Å²) in [6, 6.07) is 3.32. The molecule has 21 heavy (non-hydrogen) atoms. The van der Waals surface area contributed by atoms with Crippen molar-refractivity contribution in [1.82, 2.24) is 10.2 Å². The highest BCUT2D eigenvalue weighted by atomic mass is 16.4. The Bertz CT molecular complexity index is 507. The number of rotatable bonds is 8. The Morgan fingerprint density at radius 1 is 1.33 bits per heavy atom. The average Bonchev–Trinajstić information content (AvgIpc) is 3.11. The molecule has 7 nitrogen and oxygen atoms in total. The van der Waals surface area contributed by atoms with Crippen molar-refractivity contribution in [3.05, 3.63) is 24.2 Å². The van der Waals surface area contributed by atoms with Crippen molar-refractivity contribution in [3.8, 4) is 0 Å². The maximum Gasteiger partial charge on any atom is 0.305 e. The fraction of sp³-hybridized carbons (Fsp3) is 0.500. The Morgan fingerprint density at radius 2 is 2.10 bits per heavy atom. The van der Waals surface area contributed by atoms with E-state index in [1.165, 1.54) is 6.26 Å². The molecule has 1 aromatic rings. The van der Waals surface area contributed by atoms with E-state index >= 15 is 0 Å². The fourth-order valence-electron chi connectivity index (χ4n) is 2.03. The molecule has 0 spiro atoms. The third-order valence-corrected chi connectivity index (χ3v) is 3.24. The summed E-state index contributed by atoms with van der Waals surface area (Å²) in [4.78, 5) is 35.9. The lowest BCUT2D eigenvalue weighted by molar-refractivity contribution is -0.138. The van der Waals surface area contributed by atoms with Gasteiger partial charge in [0.25, 0.3) is 5.91 Å². The average molecular weight is 294 g/mol. The molecule has 0 aromatic carbocycles. The summed E-state index contributed by atoms with van der Waals surface area (Å²) < 4.78 is 4.94. The first kappa shape index (κ1) is 15.1. The Morgan fingerprint density at radius 3 is 2.67 bits per heavy atom. The third-order valence-electron chi connectivity index (χ3n) is 3.24. The number of carboxylic acids is 1. The Hall–Kier alpha value is -2.31. The monoisotopic (exact) mass is 294 g/mol. The molecule has 2 N–H and O–H groups in total. The van der Waals surface area contributed by atoms with Crippen LogP contribution in [0.2, 0.25) is 0 Å². The first-order valence-corrected chi connectivity index (χ1v) is 6.91. The van der Waals surface area contributed by atoms with Gasteiger partial charge in [0.2, 0.25) is 5.91 Å². The molecule has 1 aromatic heterocycles. The number of aliphatic carboxylic acids is 1. The van der Waals surface area contributed by atoms with Gasteiger partial charge in [-0.1, -0.05) is 0 Å². The van der Waals surface area contributed by atoms with Crippen LogP contribution >= 0.6 is 0 Å². The van der Waals surface area contributed by atoms with Gasteiger partial charge in [-0.05, 0) is 25.0 Å². The van der Waals surface area contributed by atoms with Crippen LogP contribution in [0.15, 0.2) is 22.8 Å². The van der Waals surface area contributed by atoms with Gasteiger partial charge in [-0.2, -0.15) is 0 Å². The maximum atomic E-state index is 12.1. The molecular weight excluding hydrogens is 276 g/mol. The Kier molecular flexibility index (Phi) is 4.97. The molecule has 1 aliphatic rings. The number of carboxylic acid groups (broad SMARTS) is 1. The third kappa shape index (κ3) is 4.62. The molecule has 114 valence electrons. The first-order chi connectivity index (χ1) is 10.1. The highest BCUT2D eigenvalue weighted by Crippen LogP contribution is 2.27. The molecule has 0 radical (unpaired) electrons. The van der Waals surface area contributed by atoms with Crippen LogP contribution in [-0.2, 0) is 9.59 Å². The molecule has 7 heteroatoms. The molecule has 0 atom stereocenters. The number of furan rings is 1. The summed E-state index contributed by atoms with van der Waals surface area (Å²) in [7, 11) is 0. The van der Waals surface area contributed by atoms with Crippen LogP contribution in [0.25, 0.3) is 0 Å². The normalized spacial score (nSPS) is 13.7. The van der Waals surface area contributed by atoms with Crippen molar-refractivity contribution in [3.63, 3.8) is 0 Å². The quantitative estimate of drug-likeness (QED) is 0.741. The van der Waals surface area contributed by atoms with Crippen LogP contribution in [0.1, 0.15) is 36.2 Å². The zero-order valence-corrected chi connectivity index (χ0v) is 11.6. The highest BCUT2D eigenvalue weighted by molar-refractivity contribution is 5.91. The largest absolute Gasteiger partial charge is 0.481 e. The number of nitrogens with zero attached hydrogens (tertiary/aromatic N) is 1. The Balaban J connectivity index is 1.74. The minimum absolute atomic E-state index is 0.0546. The molecule has 2 amide bonds. The summed E-state index contributed by atoms with van der Waals surface area (Å²) in [6.07, 6.45) is 3.35. The summed E-state index contributed by atoms with van der Waals surface area (Å²) in [5.41, 5.74) is 0. The van der Waals surface area contributed by atoms with Crippen molar-refractivity contribution in [2.45, 2.75) is 31.7 Å². The van der Waals surface area contributed by atoms with E-state index in [1.54, 1.807) is 17.0 Å². The van der Waals surface area contributed by atoms with E-state index in [9.17, 15) is 14.4 Å². The second kappa shape index (κ2) is 6.92. The van der Waals surface area contributed by atoms with Gasteiger partial charge >= 0.3 is 5.97 Å². The summed E-state index contributed by atoms with van der Waals surface area (Å²) in [5, 5.41) is 11.3. The van der Waals surface area contributed by atoms with Gasteiger partial charge in [-0.25, -0.2) is 0 Å². The predicted octanol–water partition coefficient (Wildman–Crippen LogP) is 0.865. The highest BCUT2D eigenvalue weighted by Gasteiger charge is 2.32. The molecule has 1 aliphatic carbocycles. The first-order valence-electron chi connectivity index (χ1n) is 6.91. The van der Waals surface area contributed by atoms with E-state index < -0.39 is 5.97 Å². The van der Waals surface area contributed by atoms with Crippen LogP contribution in [0.5, 0.6) is 0 Å². The van der Waals surface area contributed by atoms with E-state index in [0.717, 1.165) is 12.8 Å². The fourth-order valence-corrected chi connectivity index (χ4v) is 2.03. The number of amides is 2. The summed E-state index contributed by atoms with van der Waals surface area (Å²) in [5.74, 6) is -1.21. The molecule has 1 heterocycles. The zero-order valence-electron chi connectivity index (χ0n) is 11.6. The van der Waals surface area contributed by atoms with Crippen LogP contribution in [-0.4, -0.2) is 46.9 Å². The van der Waals surface area contributed by atoms with Gasteiger partial charge < -0.3 is 19.7 Å². The summed E-state index contributed by atoms with van der Waals surface area (Å²) >= 11 is 0. The van der Waals surface area contributed by atoms with Crippen LogP contribution < -0.4 is 5.32 Å². The molecule has 0 unspecified atom stereocenters. The van der Waals surface area contributed by atoms with Gasteiger partial charge in [0, 0.05) is 25.6 Å². The van der Waals surface area contributed by atoms with Crippen molar-refractivity contribution < 1.29 is 23.9 Å². The van der Waals surface area contributed by atoms with Crippen LogP contribution in [0.3, 0.4) is 0 Å². The SMILES string of the molecule is O=C(O)CCN(C(=O)CCNC(=O)c1ccco1)C1CC1. The molecule has 1 saturated carbocycles. The number of carbonyl (C=O) groups is 3. The van der Waals surface area contributed by atoms with E-state index in [2.05, 4.69) is 5.32 Å². The van der Waals surface area contributed by atoms with E-state index in [0.29, 0.717) is 0 Å². The van der Waals surface area contributed by atoms with Crippen LogP contribution in [0, 0.1) is 0 Å². The molecule has 0 aliphatic heterocycles. The van der Waals surface area contributed by atoms with Crippen molar-refractivity contribution in [1.29, 1.82) is 0 Å². The predicted molar refractivity (Wildman–Crippen MR) is 72.6 cm³/mol. The van der Waals surface area contributed by atoms with Crippen molar-refractivity contribution in [2.75, 3.05) is 13.1 Å². The lowest BCUT2D eigenvalue weighted by Crippen LogP contribution is -2.37. The van der Waals surface area contributed by atoms with E-state index in [1.807, 2.05) is 0 Å². The number of hydrogen-bond acceptors (Lipinski definition) is 4. The van der Waals surface area contributed by atoms with E-state index in [-0.39, 0.29) is 49.5 Å². The molecule has 1 fully saturated rings. The van der Waals surface area contributed by atoms with Crippen molar-refractivity contribution in [2.24, 2.45) is 0 Å². The molecule has 0 saturated heterocycles. The standard InChI is InChI=1S/C14H18N2O5/c17-12(16(10-3-4-10)8-6-13(18)19)5-7-15-14(20)11-2-1-9-21-11/h1-2,9-10H,3-8H2,(H,15,20)(H,18,19). The molecule has 0 bridgehead atoms. The van der Waals surface area contributed by atoms with Gasteiger partial charge in [-0.3, -0.25) is 14.4 Å². The number of hydrogen-bond donors (Lipinski definition) is 2. The summed E-state index contributed by atoms with van der Waals surface area (Å²) in [6.45, 7) is 0.430. The topological polar surface area (TPSA) is 99.9 Å². The smallest absolute Gasteiger partial charge is 0.305 e. The van der Waals surface area contributed by atoms with Crippen molar-refractivity contribution >= 4 is 17.8 Å². The maximum absolute atomic E-state index is 12.1. The van der Waals surface area contributed by atoms with Gasteiger partial charge in [-0.15, -0.1) is 0 Å². The van der Waals surface area contributed by atoms with Gasteiger partial charge in [0.1, 0.15) is 0 Å². The second-order valence-corrected chi connectivity index (χ2v) is 4.95. The number of carbonyl (C=O) groups excluding carboxylic acids is 2. The molecule has 2 rings (SSSR count). The lowest BCUT2D eigenvalue weighted by atomic mass is 10.3. The second-order valence-electron chi connectivity index (χ2n) is 4.95. The number of nitrogens with one attached hydrogen (secondary N) is 1. The zero-order chi connectivity index (χ0) is 15.2. The lowest BCUT2D eigenvalue weighted by Gasteiger charge is -2.21. The van der Waals surface area contributed by atoms with E-state index in [4.69, 9.17) is 9.52 Å². The minimum Gasteiger partial charge on any atom is -0.481 e. The van der Waals surface area contributed by atoms with Crippen LogP contribution in [0.4, 0.5) is 0 Å². The minimum atomic E-state index is -0.917. The van der Waals surface area contributed by atoms with Gasteiger partial charge in [0.05, 0.1) is 12.7 Å². The molecular formula is C14H18N2O5.